The molecule has 4 rings (SSSR count). The van der Waals surface area contributed by atoms with Crippen LogP contribution in [0.25, 0.3) is 21.3 Å². The zero-order chi connectivity index (χ0) is 19.7. The number of fused-ring (bicyclic) bond motifs is 1. The van der Waals surface area contributed by atoms with E-state index in [1.165, 1.54) is 4.90 Å². The molecule has 8 heteroatoms. The number of anilines is 1. The van der Waals surface area contributed by atoms with Crippen molar-refractivity contribution in [3.8, 4) is 11.1 Å². The molecule has 1 saturated heterocycles. The standard InChI is InChI=1S/C20H22ClN5OS/c1-24-7-9-26(10-8-24)17(27)11-25(2)19-18-16(12-28-20(18)23-13-22-19)14-3-5-15(21)6-4-14/h3-6,12-13H,7-11H2,1-2H3/p+1. The number of halogens is 1. The van der Waals surface area contributed by atoms with E-state index in [1.807, 2.05) is 41.1 Å². The topological polar surface area (TPSA) is 53.8 Å². The minimum atomic E-state index is 0.144. The van der Waals surface area contributed by atoms with Crippen LogP contribution in [0.3, 0.4) is 0 Å². The van der Waals surface area contributed by atoms with Gasteiger partial charge in [-0.1, -0.05) is 23.7 Å². The summed E-state index contributed by atoms with van der Waals surface area (Å²) in [5, 5.41) is 3.77. The van der Waals surface area contributed by atoms with E-state index in [1.54, 1.807) is 17.7 Å². The summed E-state index contributed by atoms with van der Waals surface area (Å²) in [6.45, 7) is 3.93. The van der Waals surface area contributed by atoms with Crippen LogP contribution < -0.4 is 9.80 Å². The van der Waals surface area contributed by atoms with Crippen LogP contribution in [0.5, 0.6) is 0 Å². The van der Waals surface area contributed by atoms with Crippen molar-refractivity contribution in [2.45, 2.75) is 0 Å². The lowest BCUT2D eigenvalue weighted by Gasteiger charge is -2.31. The largest absolute Gasteiger partial charge is 0.350 e. The third kappa shape index (κ3) is 3.83. The number of aromatic nitrogens is 2. The first kappa shape index (κ1) is 19.1. The van der Waals surface area contributed by atoms with Gasteiger partial charge in [-0.2, -0.15) is 0 Å². The second-order valence-corrected chi connectivity index (χ2v) is 8.52. The number of hydrogen-bond acceptors (Lipinski definition) is 5. The Kier molecular flexibility index (Phi) is 5.48. The summed E-state index contributed by atoms with van der Waals surface area (Å²) < 4.78 is 0. The summed E-state index contributed by atoms with van der Waals surface area (Å²) in [5.41, 5.74) is 2.13. The van der Waals surface area contributed by atoms with Crippen LogP contribution in [0.1, 0.15) is 0 Å². The molecule has 2 aromatic heterocycles. The quantitative estimate of drug-likeness (QED) is 0.704. The Balaban J connectivity index is 1.62. The third-order valence-electron chi connectivity index (χ3n) is 5.21. The minimum absolute atomic E-state index is 0.144. The van der Waals surface area contributed by atoms with Crippen LogP contribution in [0.4, 0.5) is 5.82 Å². The summed E-state index contributed by atoms with van der Waals surface area (Å²) in [6.07, 6.45) is 1.57. The van der Waals surface area contributed by atoms with Gasteiger partial charge in [0.05, 0.1) is 45.2 Å². The van der Waals surface area contributed by atoms with Crippen LogP contribution in [0.2, 0.25) is 5.02 Å². The maximum absolute atomic E-state index is 12.8. The molecule has 0 spiro atoms. The molecule has 1 N–H and O–H groups in total. The Hall–Kier alpha value is -2.22. The molecule has 0 atom stereocenters. The molecule has 1 aliphatic rings. The van der Waals surface area contributed by atoms with Crippen molar-refractivity contribution >= 4 is 44.9 Å². The molecule has 146 valence electrons. The molecular weight excluding hydrogens is 394 g/mol. The molecule has 1 aliphatic heterocycles. The number of amides is 1. The van der Waals surface area contributed by atoms with Gasteiger partial charge in [-0.25, -0.2) is 9.97 Å². The average molecular weight is 417 g/mol. The first-order valence-corrected chi connectivity index (χ1v) is 10.6. The van der Waals surface area contributed by atoms with E-state index in [-0.39, 0.29) is 5.91 Å². The van der Waals surface area contributed by atoms with Crippen molar-refractivity contribution in [2.24, 2.45) is 0 Å². The van der Waals surface area contributed by atoms with Crippen molar-refractivity contribution in [3.63, 3.8) is 0 Å². The van der Waals surface area contributed by atoms with Crippen molar-refractivity contribution < 1.29 is 9.69 Å². The van der Waals surface area contributed by atoms with Crippen molar-refractivity contribution in [3.05, 3.63) is 41.0 Å². The maximum atomic E-state index is 12.8. The van der Waals surface area contributed by atoms with Gasteiger partial charge >= 0.3 is 0 Å². The van der Waals surface area contributed by atoms with E-state index in [9.17, 15) is 4.79 Å². The van der Waals surface area contributed by atoms with E-state index in [0.717, 1.165) is 53.3 Å². The third-order valence-corrected chi connectivity index (χ3v) is 6.35. The Morgan fingerprint density at radius 2 is 1.96 bits per heavy atom. The molecule has 1 amide bonds. The minimum Gasteiger partial charge on any atom is -0.350 e. The molecule has 3 heterocycles. The number of hydrogen-bond donors (Lipinski definition) is 1. The normalized spacial score (nSPS) is 15.2. The van der Waals surface area contributed by atoms with Crippen LogP contribution in [0.15, 0.2) is 36.0 Å². The predicted molar refractivity (Wildman–Crippen MR) is 114 cm³/mol. The van der Waals surface area contributed by atoms with Crippen LogP contribution in [0, 0.1) is 0 Å². The number of carbonyl (C=O) groups excluding carboxylic acids is 1. The molecular formula is C20H23ClN5OS+. The van der Waals surface area contributed by atoms with Gasteiger partial charge in [0.15, 0.2) is 0 Å². The molecule has 3 aromatic rings. The second-order valence-electron chi connectivity index (χ2n) is 7.23. The Labute approximate surface area is 173 Å². The van der Waals surface area contributed by atoms with Gasteiger partial charge in [0.25, 0.3) is 0 Å². The van der Waals surface area contributed by atoms with Crippen molar-refractivity contribution in [1.82, 2.24) is 14.9 Å². The van der Waals surface area contributed by atoms with Crippen LogP contribution >= 0.6 is 22.9 Å². The Morgan fingerprint density at radius 1 is 1.25 bits per heavy atom. The van der Waals surface area contributed by atoms with E-state index in [0.29, 0.717) is 11.6 Å². The number of thiophene rings is 1. The summed E-state index contributed by atoms with van der Waals surface area (Å²) in [7, 11) is 4.09. The molecule has 0 saturated carbocycles. The molecule has 1 aromatic carbocycles. The fraction of sp³-hybridized carbons (Fsp3) is 0.350. The Morgan fingerprint density at radius 3 is 2.68 bits per heavy atom. The highest BCUT2D eigenvalue weighted by molar-refractivity contribution is 7.17. The van der Waals surface area contributed by atoms with Crippen LogP contribution in [-0.2, 0) is 4.79 Å². The number of piperazine rings is 1. The highest BCUT2D eigenvalue weighted by Crippen LogP contribution is 2.37. The van der Waals surface area contributed by atoms with Gasteiger partial charge in [0.1, 0.15) is 17.0 Å². The number of benzene rings is 1. The molecule has 28 heavy (non-hydrogen) atoms. The molecule has 0 aliphatic carbocycles. The summed E-state index contributed by atoms with van der Waals surface area (Å²) >= 11 is 7.62. The highest BCUT2D eigenvalue weighted by Gasteiger charge is 2.24. The fourth-order valence-electron chi connectivity index (χ4n) is 3.51. The predicted octanol–water partition coefficient (Wildman–Crippen LogP) is 1.80. The first-order chi connectivity index (χ1) is 13.5. The summed E-state index contributed by atoms with van der Waals surface area (Å²) in [5.74, 6) is 0.925. The van der Waals surface area contributed by atoms with Crippen molar-refractivity contribution in [1.29, 1.82) is 0 Å². The first-order valence-electron chi connectivity index (χ1n) is 9.31. The lowest BCUT2D eigenvalue weighted by molar-refractivity contribution is -0.883. The molecule has 0 unspecified atom stereocenters. The van der Waals surface area contributed by atoms with E-state index < -0.39 is 0 Å². The monoisotopic (exact) mass is 416 g/mol. The number of likely N-dealkylation sites (N-methyl/N-ethyl adjacent to an activating group) is 2. The number of carbonyl (C=O) groups is 1. The van der Waals surface area contributed by atoms with Gasteiger partial charge in [0, 0.05) is 23.0 Å². The number of rotatable bonds is 4. The fourth-order valence-corrected chi connectivity index (χ4v) is 4.54. The highest BCUT2D eigenvalue weighted by atomic mass is 35.5. The lowest BCUT2D eigenvalue weighted by Crippen LogP contribution is -3.12. The maximum Gasteiger partial charge on any atom is 0.242 e. The van der Waals surface area contributed by atoms with E-state index in [2.05, 4.69) is 22.4 Å². The molecule has 1 fully saturated rings. The zero-order valence-electron chi connectivity index (χ0n) is 16.0. The second kappa shape index (κ2) is 8.03. The smallest absolute Gasteiger partial charge is 0.242 e. The van der Waals surface area contributed by atoms with E-state index >= 15 is 0 Å². The van der Waals surface area contributed by atoms with Gasteiger partial charge in [-0.15, -0.1) is 11.3 Å². The van der Waals surface area contributed by atoms with Gasteiger partial charge in [0.2, 0.25) is 5.91 Å². The lowest BCUT2D eigenvalue weighted by atomic mass is 10.1. The number of quaternary nitrogens is 1. The van der Waals surface area contributed by atoms with Crippen molar-refractivity contribution in [2.75, 3.05) is 51.7 Å². The molecule has 0 bridgehead atoms. The van der Waals surface area contributed by atoms with Gasteiger partial charge in [-0.05, 0) is 17.7 Å². The number of nitrogens with zero attached hydrogens (tertiary/aromatic N) is 4. The zero-order valence-corrected chi connectivity index (χ0v) is 17.6. The summed E-state index contributed by atoms with van der Waals surface area (Å²) in [4.78, 5) is 28.0. The molecule has 6 nitrogen and oxygen atoms in total. The van der Waals surface area contributed by atoms with Gasteiger partial charge < -0.3 is 14.7 Å². The molecule has 0 radical (unpaired) electrons. The Bertz CT molecular complexity index is 982. The SMILES string of the molecule is CN(CC(=O)N1CC[NH+](C)CC1)c1ncnc2scc(-c3ccc(Cl)cc3)c12. The summed E-state index contributed by atoms with van der Waals surface area (Å²) in [6, 6.07) is 7.76. The van der Waals surface area contributed by atoms with Gasteiger partial charge in [-0.3, -0.25) is 4.79 Å². The van der Waals surface area contributed by atoms with E-state index in [4.69, 9.17) is 11.6 Å². The van der Waals surface area contributed by atoms with Crippen LogP contribution in [-0.4, -0.2) is 67.6 Å². The number of nitrogens with one attached hydrogen (secondary N) is 1. The average Bonchev–Trinajstić information content (AvgIpc) is 3.13.